The lowest BCUT2D eigenvalue weighted by Crippen LogP contribution is -2.39. The van der Waals surface area contributed by atoms with Crippen LogP contribution in [0.2, 0.25) is 0 Å². The fourth-order valence-corrected chi connectivity index (χ4v) is 3.79. The average molecular weight is 289 g/mol. The zero-order valence-electron chi connectivity index (χ0n) is 11.6. The largest absolute Gasteiger partial charge is 0.379 e. The fourth-order valence-electron chi connectivity index (χ4n) is 2.82. The number of carbonyl (C=O) groups excluding carboxylic acids is 1. The Bertz CT molecular complexity index is 607. The minimum Gasteiger partial charge on any atom is -0.379 e. The number of fused-ring (bicyclic) bond motifs is 1. The molecule has 2 heterocycles. The van der Waals surface area contributed by atoms with Crippen molar-refractivity contribution in [1.29, 1.82) is 0 Å². The highest BCUT2D eigenvalue weighted by Crippen LogP contribution is 2.27. The van der Waals surface area contributed by atoms with Crippen molar-refractivity contribution in [2.24, 2.45) is 5.92 Å². The molecule has 0 bridgehead atoms. The lowest BCUT2D eigenvalue weighted by molar-refractivity contribution is -0.122. The van der Waals surface area contributed by atoms with Crippen LogP contribution < -0.4 is 5.32 Å². The van der Waals surface area contributed by atoms with Crippen LogP contribution in [-0.2, 0) is 16.0 Å². The van der Waals surface area contributed by atoms with Crippen molar-refractivity contribution in [1.82, 2.24) is 5.32 Å². The van der Waals surface area contributed by atoms with Crippen LogP contribution in [0.25, 0.3) is 10.1 Å². The molecule has 0 radical (unpaired) electrons. The van der Waals surface area contributed by atoms with Crippen LogP contribution in [0.15, 0.2) is 29.6 Å². The van der Waals surface area contributed by atoms with Crippen molar-refractivity contribution >= 4 is 27.2 Å². The fraction of sp³-hybridized carbons (Fsp3) is 0.438. The Kier molecular flexibility index (Phi) is 4.15. The molecule has 0 aliphatic carbocycles. The molecule has 1 saturated heterocycles. The molecule has 0 amide bonds. The van der Waals surface area contributed by atoms with Gasteiger partial charge in [-0.25, -0.2) is 0 Å². The van der Waals surface area contributed by atoms with Gasteiger partial charge in [0.2, 0.25) is 0 Å². The lowest BCUT2D eigenvalue weighted by Gasteiger charge is -2.16. The van der Waals surface area contributed by atoms with Gasteiger partial charge in [-0.3, -0.25) is 4.79 Å². The summed E-state index contributed by atoms with van der Waals surface area (Å²) in [6, 6.07) is 8.45. The summed E-state index contributed by atoms with van der Waals surface area (Å²) in [4.78, 5) is 12.5. The second kappa shape index (κ2) is 6.04. The van der Waals surface area contributed by atoms with Gasteiger partial charge in [0.05, 0.1) is 19.1 Å². The third-order valence-corrected chi connectivity index (χ3v) is 4.90. The summed E-state index contributed by atoms with van der Waals surface area (Å²) in [5.41, 5.74) is 1.15. The minimum absolute atomic E-state index is 0.00591. The number of ether oxygens (including phenoxy) is 1. The standard InChI is InChI=1S/C16H19NO2S/c1-2-17-14-9-19-8-13(14)15(18)7-11-10-20-16-6-4-3-5-12(11)16/h3-6,10,13-14,17H,2,7-9H2,1H3. The SMILES string of the molecule is CCNC1COCC1C(=O)Cc1csc2ccccc12. The smallest absolute Gasteiger partial charge is 0.144 e. The van der Waals surface area contributed by atoms with Gasteiger partial charge in [-0.1, -0.05) is 25.1 Å². The van der Waals surface area contributed by atoms with Crippen LogP contribution in [0.1, 0.15) is 12.5 Å². The van der Waals surface area contributed by atoms with Gasteiger partial charge in [-0.2, -0.15) is 0 Å². The highest BCUT2D eigenvalue weighted by molar-refractivity contribution is 7.17. The van der Waals surface area contributed by atoms with E-state index in [1.807, 2.05) is 12.1 Å². The van der Waals surface area contributed by atoms with Crippen molar-refractivity contribution in [3.05, 3.63) is 35.2 Å². The second-order valence-corrected chi connectivity index (χ2v) is 6.12. The number of carbonyl (C=O) groups is 1. The van der Waals surface area contributed by atoms with E-state index in [1.165, 1.54) is 10.1 Å². The number of rotatable bonds is 5. The molecule has 1 aromatic carbocycles. The monoisotopic (exact) mass is 289 g/mol. The first kappa shape index (κ1) is 13.7. The van der Waals surface area contributed by atoms with Gasteiger partial charge in [0.15, 0.2) is 0 Å². The molecule has 3 rings (SSSR count). The summed E-state index contributed by atoms with van der Waals surface area (Å²) in [6.07, 6.45) is 0.514. The molecular formula is C16H19NO2S. The van der Waals surface area contributed by atoms with Gasteiger partial charge < -0.3 is 10.1 Å². The van der Waals surface area contributed by atoms with Crippen LogP contribution in [0.3, 0.4) is 0 Å². The first-order valence-corrected chi connectivity index (χ1v) is 7.96. The molecule has 3 nitrogen and oxygen atoms in total. The molecule has 2 atom stereocenters. The van der Waals surface area contributed by atoms with Crippen molar-refractivity contribution in [2.45, 2.75) is 19.4 Å². The predicted octanol–water partition coefficient (Wildman–Crippen LogP) is 2.64. The Morgan fingerprint density at radius 2 is 2.25 bits per heavy atom. The summed E-state index contributed by atoms with van der Waals surface area (Å²) < 4.78 is 6.72. The zero-order chi connectivity index (χ0) is 13.9. The van der Waals surface area contributed by atoms with Crippen LogP contribution in [0.4, 0.5) is 0 Å². The number of hydrogen-bond acceptors (Lipinski definition) is 4. The highest BCUT2D eigenvalue weighted by Gasteiger charge is 2.33. The van der Waals surface area contributed by atoms with Crippen molar-refractivity contribution in [2.75, 3.05) is 19.8 Å². The summed E-state index contributed by atoms with van der Waals surface area (Å²) in [5, 5.41) is 6.67. The quantitative estimate of drug-likeness (QED) is 0.919. The number of ketones is 1. The molecule has 1 aliphatic rings. The van der Waals surface area contributed by atoms with E-state index >= 15 is 0 Å². The molecule has 1 fully saturated rings. The maximum Gasteiger partial charge on any atom is 0.144 e. The Balaban J connectivity index is 1.75. The molecule has 0 spiro atoms. The maximum atomic E-state index is 12.5. The van der Waals surface area contributed by atoms with E-state index in [-0.39, 0.29) is 17.7 Å². The first-order valence-electron chi connectivity index (χ1n) is 7.08. The lowest BCUT2D eigenvalue weighted by atomic mass is 9.93. The molecule has 106 valence electrons. The number of likely N-dealkylation sites (N-methyl/N-ethyl adjacent to an activating group) is 1. The van der Waals surface area contributed by atoms with Gasteiger partial charge in [0, 0.05) is 17.2 Å². The number of Topliss-reactive ketones (excluding diaryl/α,β-unsaturated/α-hetero) is 1. The number of hydrogen-bond donors (Lipinski definition) is 1. The van der Waals surface area contributed by atoms with E-state index in [9.17, 15) is 4.79 Å². The molecule has 1 aliphatic heterocycles. The third-order valence-electron chi connectivity index (χ3n) is 3.89. The summed E-state index contributed by atoms with van der Waals surface area (Å²) >= 11 is 1.71. The second-order valence-electron chi connectivity index (χ2n) is 5.21. The van der Waals surface area contributed by atoms with E-state index in [0.29, 0.717) is 19.6 Å². The molecule has 0 saturated carbocycles. The van der Waals surface area contributed by atoms with E-state index in [2.05, 4.69) is 29.8 Å². The van der Waals surface area contributed by atoms with Gasteiger partial charge in [-0.05, 0) is 28.9 Å². The molecule has 1 N–H and O–H groups in total. The average Bonchev–Trinajstić information content (AvgIpc) is 3.07. The Labute approximate surface area is 122 Å². The number of thiophene rings is 1. The van der Waals surface area contributed by atoms with Crippen LogP contribution in [0, 0.1) is 5.92 Å². The predicted molar refractivity (Wildman–Crippen MR) is 82.3 cm³/mol. The van der Waals surface area contributed by atoms with Gasteiger partial charge >= 0.3 is 0 Å². The normalized spacial score (nSPS) is 22.4. The Morgan fingerprint density at radius 3 is 3.10 bits per heavy atom. The summed E-state index contributed by atoms with van der Waals surface area (Å²) in [6.45, 7) is 4.14. The summed E-state index contributed by atoms with van der Waals surface area (Å²) in [5.74, 6) is 0.283. The van der Waals surface area contributed by atoms with Gasteiger partial charge in [0.25, 0.3) is 0 Å². The number of nitrogens with one attached hydrogen (secondary N) is 1. The molecular weight excluding hydrogens is 270 g/mol. The van der Waals surface area contributed by atoms with E-state index < -0.39 is 0 Å². The van der Waals surface area contributed by atoms with E-state index in [4.69, 9.17) is 4.74 Å². The van der Waals surface area contributed by atoms with Crippen molar-refractivity contribution in [3.63, 3.8) is 0 Å². The van der Waals surface area contributed by atoms with Crippen LogP contribution in [-0.4, -0.2) is 31.6 Å². The minimum atomic E-state index is -0.00591. The molecule has 20 heavy (non-hydrogen) atoms. The van der Waals surface area contributed by atoms with Crippen LogP contribution in [0.5, 0.6) is 0 Å². The summed E-state index contributed by atoms with van der Waals surface area (Å²) in [7, 11) is 0. The Hall–Kier alpha value is -1.23. The maximum absolute atomic E-state index is 12.5. The molecule has 1 aromatic heterocycles. The zero-order valence-corrected chi connectivity index (χ0v) is 12.4. The van der Waals surface area contributed by atoms with Crippen LogP contribution >= 0.6 is 11.3 Å². The van der Waals surface area contributed by atoms with E-state index in [1.54, 1.807) is 11.3 Å². The number of benzene rings is 1. The first-order chi connectivity index (χ1) is 9.79. The van der Waals surface area contributed by atoms with Crippen molar-refractivity contribution in [3.8, 4) is 0 Å². The Morgan fingerprint density at radius 1 is 1.40 bits per heavy atom. The van der Waals surface area contributed by atoms with Gasteiger partial charge in [0.1, 0.15) is 5.78 Å². The highest BCUT2D eigenvalue weighted by atomic mass is 32.1. The molecule has 2 aromatic rings. The van der Waals surface area contributed by atoms with E-state index in [0.717, 1.165) is 12.1 Å². The third kappa shape index (κ3) is 2.64. The molecule has 2 unspecified atom stereocenters. The van der Waals surface area contributed by atoms with Gasteiger partial charge in [-0.15, -0.1) is 11.3 Å². The topological polar surface area (TPSA) is 38.3 Å². The van der Waals surface area contributed by atoms with Crippen molar-refractivity contribution < 1.29 is 9.53 Å². The molecule has 4 heteroatoms.